The van der Waals surface area contributed by atoms with Crippen molar-refractivity contribution in [2.75, 3.05) is 0 Å². The van der Waals surface area contributed by atoms with Gasteiger partial charge in [0, 0.05) is 4.47 Å². The molecule has 0 spiro atoms. The van der Waals surface area contributed by atoms with E-state index >= 15 is 0 Å². The van der Waals surface area contributed by atoms with E-state index in [4.69, 9.17) is 0 Å². The lowest BCUT2D eigenvalue weighted by atomic mass is 10.1. The van der Waals surface area contributed by atoms with E-state index in [2.05, 4.69) is 15.9 Å². The van der Waals surface area contributed by atoms with Crippen molar-refractivity contribution < 1.29 is 9.90 Å². The van der Waals surface area contributed by atoms with Crippen LogP contribution in [0.15, 0.2) is 20.1 Å². The molecule has 1 aromatic heterocycles. The summed E-state index contributed by atoms with van der Waals surface area (Å²) in [6, 6.07) is 1.95. The molecule has 0 aliphatic carbocycles. The van der Waals surface area contributed by atoms with Crippen LogP contribution in [0.1, 0.15) is 26.7 Å². The topological polar surface area (TPSA) is 37.3 Å². The Labute approximate surface area is 106 Å². The first-order valence-corrected chi connectivity index (χ1v) is 7.14. The van der Waals surface area contributed by atoms with Crippen LogP contribution in [0.3, 0.4) is 0 Å². The van der Waals surface area contributed by atoms with Gasteiger partial charge in [-0.15, -0.1) is 11.3 Å². The monoisotopic (exact) mass is 308 g/mol. The molecule has 5 heteroatoms. The Balaban J connectivity index is 2.84. The van der Waals surface area contributed by atoms with E-state index < -0.39 is 10.7 Å². The van der Waals surface area contributed by atoms with E-state index in [1.807, 2.05) is 18.4 Å². The van der Waals surface area contributed by atoms with Crippen molar-refractivity contribution in [2.24, 2.45) is 0 Å². The summed E-state index contributed by atoms with van der Waals surface area (Å²) in [5.74, 6) is -0.741. The Kier molecular flexibility index (Phi) is 4.67. The Bertz CT molecular complexity index is 351. The average Bonchev–Trinajstić information content (AvgIpc) is 2.52. The maximum Gasteiger partial charge on any atom is 0.319 e. The lowest BCUT2D eigenvalue weighted by molar-refractivity contribution is -0.139. The highest BCUT2D eigenvalue weighted by Gasteiger charge is 2.34. The normalized spacial score (nSPS) is 14.9. The van der Waals surface area contributed by atoms with Crippen LogP contribution in [0.25, 0.3) is 0 Å². The zero-order valence-electron chi connectivity index (χ0n) is 8.62. The van der Waals surface area contributed by atoms with Crippen LogP contribution < -0.4 is 0 Å². The maximum absolute atomic E-state index is 11.2. The number of rotatable bonds is 5. The number of thiophene rings is 1. The Morgan fingerprint density at radius 3 is 2.80 bits per heavy atom. The van der Waals surface area contributed by atoms with Gasteiger partial charge in [-0.1, -0.05) is 25.1 Å². The van der Waals surface area contributed by atoms with E-state index in [1.54, 1.807) is 18.3 Å². The number of carbonyl (C=O) groups is 1. The molecule has 1 N–H and O–H groups in total. The molecule has 84 valence electrons. The molecule has 1 heterocycles. The van der Waals surface area contributed by atoms with Crippen molar-refractivity contribution in [3.05, 3.63) is 15.9 Å². The number of carboxylic acids is 1. The van der Waals surface area contributed by atoms with E-state index in [1.165, 1.54) is 11.8 Å². The molecular weight excluding hydrogens is 296 g/mol. The van der Waals surface area contributed by atoms with E-state index in [9.17, 15) is 9.90 Å². The molecule has 0 saturated carbocycles. The average molecular weight is 309 g/mol. The summed E-state index contributed by atoms with van der Waals surface area (Å²) >= 11 is 6.42. The van der Waals surface area contributed by atoms with Gasteiger partial charge in [0.05, 0.1) is 4.21 Å². The molecule has 0 aliphatic heterocycles. The molecule has 0 radical (unpaired) electrons. The van der Waals surface area contributed by atoms with Gasteiger partial charge in [0.15, 0.2) is 0 Å². The van der Waals surface area contributed by atoms with Gasteiger partial charge in [0.1, 0.15) is 4.75 Å². The number of hydrogen-bond donors (Lipinski definition) is 1. The minimum atomic E-state index is -0.741. The van der Waals surface area contributed by atoms with Crippen molar-refractivity contribution >= 4 is 45.0 Å². The molecule has 0 saturated heterocycles. The van der Waals surface area contributed by atoms with Crippen molar-refractivity contribution in [3.8, 4) is 0 Å². The third-order valence-corrected chi connectivity index (χ3v) is 5.75. The summed E-state index contributed by atoms with van der Waals surface area (Å²) in [5.41, 5.74) is 0. The highest BCUT2D eigenvalue weighted by Crippen LogP contribution is 2.42. The minimum absolute atomic E-state index is 0.678. The molecule has 1 atom stereocenters. The molecule has 1 rings (SSSR count). The number of hydrogen-bond acceptors (Lipinski definition) is 3. The first-order chi connectivity index (χ1) is 6.99. The fourth-order valence-corrected chi connectivity index (χ4v) is 4.45. The second kappa shape index (κ2) is 5.37. The van der Waals surface area contributed by atoms with Gasteiger partial charge in [-0.2, -0.15) is 0 Å². The van der Waals surface area contributed by atoms with Crippen molar-refractivity contribution in [2.45, 2.75) is 35.6 Å². The zero-order valence-corrected chi connectivity index (χ0v) is 11.8. The molecule has 0 bridgehead atoms. The fraction of sp³-hybridized carbons (Fsp3) is 0.500. The van der Waals surface area contributed by atoms with Crippen LogP contribution in [-0.2, 0) is 4.79 Å². The summed E-state index contributed by atoms with van der Waals surface area (Å²) in [7, 11) is 0. The van der Waals surface area contributed by atoms with Gasteiger partial charge >= 0.3 is 5.97 Å². The summed E-state index contributed by atoms with van der Waals surface area (Å²) < 4.78 is 1.30. The van der Waals surface area contributed by atoms with Gasteiger partial charge in [0.25, 0.3) is 0 Å². The molecule has 1 aromatic rings. The quantitative estimate of drug-likeness (QED) is 0.826. The highest BCUT2D eigenvalue weighted by atomic mass is 79.9. The number of carboxylic acid groups (broad SMARTS) is 1. The zero-order chi connectivity index (χ0) is 11.5. The van der Waals surface area contributed by atoms with E-state index in [-0.39, 0.29) is 0 Å². The third kappa shape index (κ3) is 3.23. The van der Waals surface area contributed by atoms with Crippen LogP contribution >= 0.6 is 39.0 Å². The predicted molar refractivity (Wildman–Crippen MR) is 68.8 cm³/mol. The largest absolute Gasteiger partial charge is 0.480 e. The number of aliphatic carboxylic acids is 1. The van der Waals surface area contributed by atoms with E-state index in [0.717, 1.165) is 15.1 Å². The molecular formula is C10H13BrO2S2. The first kappa shape index (κ1) is 13.1. The predicted octanol–water partition coefficient (Wildman–Crippen LogP) is 4.25. The molecule has 2 nitrogen and oxygen atoms in total. The summed E-state index contributed by atoms with van der Waals surface area (Å²) in [5, 5.41) is 11.2. The molecule has 0 fully saturated rings. The molecule has 0 aliphatic rings. The van der Waals surface area contributed by atoms with Crippen LogP contribution in [-0.4, -0.2) is 15.8 Å². The van der Waals surface area contributed by atoms with Gasteiger partial charge in [0.2, 0.25) is 0 Å². The lowest BCUT2D eigenvalue weighted by Gasteiger charge is -2.22. The molecule has 15 heavy (non-hydrogen) atoms. The van der Waals surface area contributed by atoms with Crippen LogP contribution in [0.4, 0.5) is 0 Å². The second-order valence-corrected chi connectivity index (χ2v) is 6.99. The molecule has 0 amide bonds. The highest BCUT2D eigenvalue weighted by molar-refractivity contribution is 9.10. The Hall–Kier alpha value is -0.000000000000000111. The summed E-state index contributed by atoms with van der Waals surface area (Å²) in [4.78, 5) is 11.2. The fourth-order valence-electron chi connectivity index (χ4n) is 1.24. The SMILES string of the molecule is CCCC(C)(Sc1sccc1Br)C(=O)O. The van der Waals surface area contributed by atoms with Gasteiger partial charge in [-0.05, 0) is 40.7 Å². The number of thioether (sulfide) groups is 1. The van der Waals surface area contributed by atoms with E-state index in [0.29, 0.717) is 6.42 Å². The molecule has 0 aromatic carbocycles. The standard InChI is InChI=1S/C10H13BrO2S2/c1-3-5-10(2,9(12)13)15-8-7(11)4-6-14-8/h4,6H,3,5H2,1-2H3,(H,12,13). The summed E-state index contributed by atoms with van der Waals surface area (Å²) in [6.07, 6.45) is 1.55. The second-order valence-electron chi connectivity index (χ2n) is 3.44. The smallest absolute Gasteiger partial charge is 0.319 e. The van der Waals surface area contributed by atoms with Crippen LogP contribution in [0.2, 0.25) is 0 Å². The third-order valence-electron chi connectivity index (χ3n) is 2.08. The Morgan fingerprint density at radius 1 is 1.73 bits per heavy atom. The lowest BCUT2D eigenvalue weighted by Crippen LogP contribution is -2.30. The summed E-state index contributed by atoms with van der Waals surface area (Å²) in [6.45, 7) is 3.79. The van der Waals surface area contributed by atoms with Gasteiger partial charge < -0.3 is 5.11 Å². The Morgan fingerprint density at radius 2 is 2.40 bits per heavy atom. The van der Waals surface area contributed by atoms with Gasteiger partial charge in [-0.25, -0.2) is 0 Å². The van der Waals surface area contributed by atoms with Gasteiger partial charge in [-0.3, -0.25) is 4.79 Å². The molecule has 1 unspecified atom stereocenters. The first-order valence-electron chi connectivity index (χ1n) is 4.65. The number of halogens is 1. The minimum Gasteiger partial charge on any atom is -0.480 e. The van der Waals surface area contributed by atoms with Crippen molar-refractivity contribution in [3.63, 3.8) is 0 Å². The van der Waals surface area contributed by atoms with Crippen LogP contribution in [0, 0.1) is 0 Å². The maximum atomic E-state index is 11.2. The van der Waals surface area contributed by atoms with Crippen molar-refractivity contribution in [1.29, 1.82) is 0 Å². The van der Waals surface area contributed by atoms with Crippen LogP contribution in [0.5, 0.6) is 0 Å². The van der Waals surface area contributed by atoms with Crippen molar-refractivity contribution in [1.82, 2.24) is 0 Å².